The van der Waals surface area contributed by atoms with Crippen molar-refractivity contribution in [2.45, 2.75) is 20.1 Å². The fourth-order valence-electron chi connectivity index (χ4n) is 2.31. The molecule has 6 heteroatoms. The number of hydrogen-bond acceptors (Lipinski definition) is 4. The third-order valence-corrected chi connectivity index (χ3v) is 3.32. The molecule has 2 rings (SSSR count). The number of carbonyl (C=O) groups excluding carboxylic acids is 3. The standard InChI is InChI=1S/C15H18N2O4/c1-3-16-12(18)11-13(19)17(4-2)14(21-15(11)20)10-8-6-5-7-9-10/h5-9,11,14H,3-4H2,1-2H3,(H,16,18). The molecule has 2 unspecified atom stereocenters. The molecule has 1 N–H and O–H groups in total. The van der Waals surface area contributed by atoms with Crippen molar-refractivity contribution in [2.24, 2.45) is 5.92 Å². The van der Waals surface area contributed by atoms with Crippen LogP contribution >= 0.6 is 0 Å². The Morgan fingerprint density at radius 1 is 1.24 bits per heavy atom. The Balaban J connectivity index is 2.29. The molecule has 1 aliphatic heterocycles. The summed E-state index contributed by atoms with van der Waals surface area (Å²) in [6.07, 6.45) is -0.776. The summed E-state index contributed by atoms with van der Waals surface area (Å²) in [4.78, 5) is 37.7. The lowest BCUT2D eigenvalue weighted by Crippen LogP contribution is -2.54. The Hall–Kier alpha value is -2.37. The van der Waals surface area contributed by atoms with Gasteiger partial charge in [-0.3, -0.25) is 14.4 Å². The molecule has 2 amide bonds. The molecule has 21 heavy (non-hydrogen) atoms. The molecule has 112 valence electrons. The van der Waals surface area contributed by atoms with Crippen LogP contribution in [-0.4, -0.2) is 35.8 Å². The Labute approximate surface area is 123 Å². The molecule has 1 fully saturated rings. The molecule has 2 atom stereocenters. The molecule has 1 saturated heterocycles. The fraction of sp³-hybridized carbons (Fsp3) is 0.400. The zero-order valence-electron chi connectivity index (χ0n) is 12.0. The highest BCUT2D eigenvalue weighted by molar-refractivity contribution is 6.16. The number of hydrogen-bond donors (Lipinski definition) is 1. The average Bonchev–Trinajstić information content (AvgIpc) is 2.48. The predicted molar refractivity (Wildman–Crippen MR) is 74.8 cm³/mol. The lowest BCUT2D eigenvalue weighted by atomic mass is 10.0. The van der Waals surface area contributed by atoms with Crippen molar-refractivity contribution in [1.82, 2.24) is 10.2 Å². The zero-order valence-corrected chi connectivity index (χ0v) is 12.0. The Morgan fingerprint density at radius 2 is 1.90 bits per heavy atom. The van der Waals surface area contributed by atoms with Crippen LogP contribution in [0.1, 0.15) is 25.6 Å². The fourth-order valence-corrected chi connectivity index (χ4v) is 2.31. The Bertz CT molecular complexity index is 544. The number of nitrogens with zero attached hydrogens (tertiary/aromatic N) is 1. The van der Waals surface area contributed by atoms with Crippen LogP contribution in [0.2, 0.25) is 0 Å². The Morgan fingerprint density at radius 3 is 2.48 bits per heavy atom. The molecule has 0 spiro atoms. The predicted octanol–water partition coefficient (Wildman–Crippen LogP) is 0.843. The van der Waals surface area contributed by atoms with Crippen molar-refractivity contribution in [3.8, 4) is 0 Å². The van der Waals surface area contributed by atoms with Crippen molar-refractivity contribution >= 4 is 17.8 Å². The van der Waals surface area contributed by atoms with E-state index in [9.17, 15) is 14.4 Å². The number of amides is 2. The van der Waals surface area contributed by atoms with Gasteiger partial charge in [-0.25, -0.2) is 0 Å². The van der Waals surface area contributed by atoms with Crippen LogP contribution in [-0.2, 0) is 19.1 Å². The van der Waals surface area contributed by atoms with E-state index in [4.69, 9.17) is 4.74 Å². The highest BCUT2D eigenvalue weighted by atomic mass is 16.6. The van der Waals surface area contributed by atoms with Gasteiger partial charge in [-0.15, -0.1) is 0 Å². The molecule has 0 aromatic heterocycles. The third kappa shape index (κ3) is 2.89. The van der Waals surface area contributed by atoms with Crippen molar-refractivity contribution in [3.63, 3.8) is 0 Å². The normalized spacial score (nSPS) is 21.9. The van der Waals surface area contributed by atoms with E-state index in [2.05, 4.69) is 5.32 Å². The molecule has 1 aromatic rings. The van der Waals surface area contributed by atoms with Gasteiger partial charge in [0.25, 0.3) is 0 Å². The lowest BCUT2D eigenvalue weighted by Gasteiger charge is -2.37. The minimum Gasteiger partial charge on any atom is -0.436 e. The molecular formula is C15H18N2O4. The quantitative estimate of drug-likeness (QED) is 0.658. The second kappa shape index (κ2) is 6.39. The summed E-state index contributed by atoms with van der Waals surface area (Å²) in [7, 11) is 0. The van der Waals surface area contributed by atoms with Crippen molar-refractivity contribution in [2.75, 3.05) is 13.1 Å². The number of cyclic esters (lactones) is 1. The van der Waals surface area contributed by atoms with Crippen LogP contribution in [0.25, 0.3) is 0 Å². The van der Waals surface area contributed by atoms with E-state index in [0.29, 0.717) is 18.7 Å². The molecule has 1 heterocycles. The maximum atomic E-state index is 12.4. The molecule has 1 aromatic carbocycles. The first-order chi connectivity index (χ1) is 10.1. The second-order valence-electron chi connectivity index (χ2n) is 4.65. The average molecular weight is 290 g/mol. The van der Waals surface area contributed by atoms with Crippen LogP contribution in [0.15, 0.2) is 30.3 Å². The van der Waals surface area contributed by atoms with Gasteiger partial charge >= 0.3 is 5.97 Å². The van der Waals surface area contributed by atoms with Gasteiger partial charge in [-0.1, -0.05) is 30.3 Å². The van der Waals surface area contributed by atoms with Gasteiger partial charge in [-0.05, 0) is 13.8 Å². The number of rotatable bonds is 4. The van der Waals surface area contributed by atoms with Gasteiger partial charge in [0.05, 0.1) is 0 Å². The van der Waals surface area contributed by atoms with Crippen LogP contribution in [0.5, 0.6) is 0 Å². The largest absolute Gasteiger partial charge is 0.436 e. The maximum Gasteiger partial charge on any atom is 0.330 e. The zero-order chi connectivity index (χ0) is 15.4. The van der Waals surface area contributed by atoms with Crippen LogP contribution in [0, 0.1) is 5.92 Å². The number of ether oxygens (including phenoxy) is 1. The van der Waals surface area contributed by atoms with Gasteiger partial charge in [-0.2, -0.15) is 0 Å². The second-order valence-corrected chi connectivity index (χ2v) is 4.65. The first-order valence-corrected chi connectivity index (χ1v) is 6.93. The SMILES string of the molecule is CCNC(=O)C1C(=O)OC(c2ccccc2)N(CC)C1=O. The van der Waals surface area contributed by atoms with E-state index < -0.39 is 29.9 Å². The van der Waals surface area contributed by atoms with Gasteiger partial charge in [0, 0.05) is 18.7 Å². The van der Waals surface area contributed by atoms with Crippen LogP contribution in [0.4, 0.5) is 0 Å². The molecule has 6 nitrogen and oxygen atoms in total. The van der Waals surface area contributed by atoms with E-state index >= 15 is 0 Å². The number of benzene rings is 1. The van der Waals surface area contributed by atoms with E-state index in [1.165, 1.54) is 4.90 Å². The molecule has 0 aliphatic carbocycles. The van der Waals surface area contributed by atoms with E-state index in [0.717, 1.165) is 0 Å². The summed E-state index contributed by atoms with van der Waals surface area (Å²) in [5.41, 5.74) is 0.704. The molecule has 0 bridgehead atoms. The summed E-state index contributed by atoms with van der Waals surface area (Å²) in [6, 6.07) is 9.00. The van der Waals surface area contributed by atoms with Crippen molar-refractivity contribution in [3.05, 3.63) is 35.9 Å². The minimum absolute atomic E-state index is 0.349. The number of nitrogens with one attached hydrogen (secondary N) is 1. The van der Waals surface area contributed by atoms with Crippen LogP contribution < -0.4 is 5.32 Å². The van der Waals surface area contributed by atoms with Gasteiger partial charge < -0.3 is 15.0 Å². The topological polar surface area (TPSA) is 75.7 Å². The van der Waals surface area contributed by atoms with E-state index in [-0.39, 0.29) is 0 Å². The molecule has 0 radical (unpaired) electrons. The van der Waals surface area contributed by atoms with Crippen LogP contribution in [0.3, 0.4) is 0 Å². The summed E-state index contributed by atoms with van der Waals surface area (Å²) in [6.45, 7) is 4.20. The lowest BCUT2D eigenvalue weighted by molar-refractivity contribution is -0.188. The third-order valence-electron chi connectivity index (χ3n) is 3.32. The Kier molecular flexibility index (Phi) is 4.57. The first-order valence-electron chi connectivity index (χ1n) is 6.93. The summed E-state index contributed by atoms with van der Waals surface area (Å²) >= 11 is 0. The van der Waals surface area contributed by atoms with Gasteiger partial charge in [0.2, 0.25) is 24.0 Å². The smallest absolute Gasteiger partial charge is 0.330 e. The monoisotopic (exact) mass is 290 g/mol. The summed E-state index contributed by atoms with van der Waals surface area (Å²) < 4.78 is 5.33. The van der Waals surface area contributed by atoms with Gasteiger partial charge in [0.15, 0.2) is 0 Å². The number of esters is 1. The molecular weight excluding hydrogens is 272 g/mol. The van der Waals surface area contributed by atoms with E-state index in [1.807, 2.05) is 6.07 Å². The van der Waals surface area contributed by atoms with Crippen molar-refractivity contribution in [1.29, 1.82) is 0 Å². The summed E-state index contributed by atoms with van der Waals surface area (Å²) in [5, 5.41) is 2.49. The maximum absolute atomic E-state index is 12.4. The van der Waals surface area contributed by atoms with Crippen molar-refractivity contribution < 1.29 is 19.1 Å². The highest BCUT2D eigenvalue weighted by Gasteiger charge is 2.46. The van der Waals surface area contributed by atoms with Gasteiger partial charge in [0.1, 0.15) is 0 Å². The molecule has 1 aliphatic rings. The highest BCUT2D eigenvalue weighted by Crippen LogP contribution is 2.29. The van der Waals surface area contributed by atoms with E-state index in [1.54, 1.807) is 38.1 Å². The molecule has 0 saturated carbocycles. The summed E-state index contributed by atoms with van der Waals surface area (Å²) in [5.74, 6) is -3.35. The first kappa shape index (κ1) is 15.0. The number of carbonyl (C=O) groups is 3. The minimum atomic E-state index is -1.41.